The van der Waals surface area contributed by atoms with E-state index >= 15 is 0 Å². The lowest BCUT2D eigenvalue weighted by Gasteiger charge is -2.21. The van der Waals surface area contributed by atoms with Crippen molar-refractivity contribution in [3.63, 3.8) is 0 Å². The summed E-state index contributed by atoms with van der Waals surface area (Å²) >= 11 is 6.01. The zero-order valence-corrected chi connectivity index (χ0v) is 12.3. The molecule has 0 fully saturated rings. The molecule has 1 rings (SSSR count). The van der Waals surface area contributed by atoms with E-state index in [1.54, 1.807) is 17.0 Å². The Morgan fingerprint density at radius 2 is 2.25 bits per heavy atom. The average Bonchev–Trinajstić information content (AvgIpc) is 2.43. The van der Waals surface area contributed by atoms with Crippen LogP contribution in [0.25, 0.3) is 0 Å². The van der Waals surface area contributed by atoms with E-state index in [0.717, 1.165) is 5.56 Å². The number of anilines is 1. The average molecular weight is 299 g/mol. The van der Waals surface area contributed by atoms with Crippen LogP contribution in [0.5, 0.6) is 0 Å². The molecule has 0 unspecified atom stereocenters. The molecule has 0 aliphatic rings. The van der Waals surface area contributed by atoms with E-state index in [-0.39, 0.29) is 11.9 Å². The van der Waals surface area contributed by atoms with Crippen LogP contribution in [0.1, 0.15) is 18.9 Å². The maximum Gasteiger partial charge on any atom is 0.321 e. The van der Waals surface area contributed by atoms with Gasteiger partial charge in [0.25, 0.3) is 0 Å². The van der Waals surface area contributed by atoms with Crippen LogP contribution < -0.4 is 11.1 Å². The lowest BCUT2D eigenvalue weighted by Crippen LogP contribution is -2.37. The van der Waals surface area contributed by atoms with Gasteiger partial charge in [0.05, 0.1) is 0 Å². The first-order valence-electron chi connectivity index (χ1n) is 6.26. The van der Waals surface area contributed by atoms with Gasteiger partial charge in [-0.25, -0.2) is 4.79 Å². The number of nitrogens with zero attached hydrogens (tertiary/aromatic N) is 2. The van der Waals surface area contributed by atoms with Gasteiger partial charge >= 0.3 is 6.03 Å². The van der Waals surface area contributed by atoms with Crippen molar-refractivity contribution in [1.82, 2.24) is 4.90 Å². The molecule has 0 aliphatic heterocycles. The SMILES string of the molecule is CCN(CCC(N)=NO)C(=O)Nc1ccc(C)c(Cl)c1. The van der Waals surface area contributed by atoms with Crippen LogP contribution in [0.3, 0.4) is 0 Å². The zero-order chi connectivity index (χ0) is 15.1. The number of halogens is 1. The standard InChI is InChI=1S/C13H19ClN4O2/c1-3-18(7-6-12(15)17-20)13(19)16-10-5-4-9(2)11(14)8-10/h4-5,8,20H,3,6-7H2,1-2H3,(H2,15,17)(H,16,19). The first kappa shape index (κ1) is 16.1. The van der Waals surface area contributed by atoms with Crippen LogP contribution in [0.15, 0.2) is 23.4 Å². The van der Waals surface area contributed by atoms with Crippen molar-refractivity contribution in [2.75, 3.05) is 18.4 Å². The van der Waals surface area contributed by atoms with Crippen molar-refractivity contribution in [1.29, 1.82) is 0 Å². The third-order valence-corrected chi connectivity index (χ3v) is 3.27. The molecular formula is C13H19ClN4O2. The molecule has 0 atom stereocenters. The molecule has 0 spiro atoms. The Kier molecular flexibility index (Phi) is 6.11. The lowest BCUT2D eigenvalue weighted by atomic mass is 10.2. The number of carbonyl (C=O) groups is 1. The molecule has 0 heterocycles. The number of amidine groups is 1. The van der Waals surface area contributed by atoms with Crippen LogP contribution in [0.4, 0.5) is 10.5 Å². The lowest BCUT2D eigenvalue weighted by molar-refractivity contribution is 0.215. The van der Waals surface area contributed by atoms with Gasteiger partial charge < -0.3 is 21.2 Å². The number of nitrogens with two attached hydrogens (primary N) is 1. The molecule has 2 amide bonds. The second-order valence-corrected chi connectivity index (χ2v) is 4.72. The molecule has 0 saturated carbocycles. The normalized spacial score (nSPS) is 11.2. The minimum atomic E-state index is -0.252. The second-order valence-electron chi connectivity index (χ2n) is 4.32. The van der Waals surface area contributed by atoms with Crippen molar-refractivity contribution in [3.8, 4) is 0 Å². The third kappa shape index (κ3) is 4.62. The monoisotopic (exact) mass is 298 g/mol. The van der Waals surface area contributed by atoms with Crippen LogP contribution in [-0.4, -0.2) is 35.1 Å². The van der Waals surface area contributed by atoms with Gasteiger partial charge in [0.2, 0.25) is 0 Å². The summed E-state index contributed by atoms with van der Waals surface area (Å²) in [6, 6.07) is 5.07. The van der Waals surface area contributed by atoms with E-state index in [1.807, 2.05) is 19.9 Å². The molecule has 0 aromatic heterocycles. The van der Waals surface area contributed by atoms with Crippen molar-refractivity contribution in [2.45, 2.75) is 20.3 Å². The molecule has 0 saturated heterocycles. The maximum absolute atomic E-state index is 12.1. The largest absolute Gasteiger partial charge is 0.409 e. The highest BCUT2D eigenvalue weighted by Gasteiger charge is 2.12. The van der Waals surface area contributed by atoms with E-state index in [0.29, 0.717) is 30.2 Å². The minimum absolute atomic E-state index is 0.0923. The first-order valence-corrected chi connectivity index (χ1v) is 6.64. The first-order chi connectivity index (χ1) is 9.47. The van der Waals surface area contributed by atoms with E-state index in [4.69, 9.17) is 22.5 Å². The number of hydrogen-bond acceptors (Lipinski definition) is 3. The number of benzene rings is 1. The van der Waals surface area contributed by atoms with Crippen molar-refractivity contribution < 1.29 is 10.0 Å². The van der Waals surface area contributed by atoms with Gasteiger partial charge in [0.15, 0.2) is 0 Å². The van der Waals surface area contributed by atoms with Gasteiger partial charge in [-0.15, -0.1) is 0 Å². The topological polar surface area (TPSA) is 90.9 Å². The van der Waals surface area contributed by atoms with E-state index < -0.39 is 0 Å². The molecule has 0 aliphatic carbocycles. The number of oxime groups is 1. The number of nitrogens with one attached hydrogen (secondary N) is 1. The number of hydrogen-bond donors (Lipinski definition) is 3. The van der Waals surface area contributed by atoms with Crippen molar-refractivity contribution >= 4 is 29.2 Å². The van der Waals surface area contributed by atoms with Crippen LogP contribution in [0.2, 0.25) is 5.02 Å². The van der Waals surface area contributed by atoms with E-state index in [9.17, 15) is 4.79 Å². The highest BCUT2D eigenvalue weighted by molar-refractivity contribution is 6.31. The Labute approximate surface area is 123 Å². The van der Waals surface area contributed by atoms with Gasteiger partial charge in [-0.1, -0.05) is 22.8 Å². The van der Waals surface area contributed by atoms with Gasteiger partial charge in [-0.3, -0.25) is 0 Å². The summed E-state index contributed by atoms with van der Waals surface area (Å²) in [7, 11) is 0. The Bertz CT molecular complexity index is 505. The van der Waals surface area contributed by atoms with Gasteiger partial charge in [-0.2, -0.15) is 0 Å². The van der Waals surface area contributed by atoms with Crippen molar-refractivity contribution in [3.05, 3.63) is 28.8 Å². The van der Waals surface area contributed by atoms with Gasteiger partial charge in [-0.05, 0) is 31.5 Å². The number of rotatable bonds is 5. The summed E-state index contributed by atoms with van der Waals surface area (Å²) in [5.74, 6) is 0.0923. The number of aryl methyl sites for hydroxylation is 1. The second kappa shape index (κ2) is 7.59. The number of carbonyl (C=O) groups excluding carboxylic acids is 1. The molecule has 110 valence electrons. The van der Waals surface area contributed by atoms with Crippen molar-refractivity contribution in [2.24, 2.45) is 10.9 Å². The fourth-order valence-electron chi connectivity index (χ4n) is 1.58. The van der Waals surface area contributed by atoms with Gasteiger partial charge in [0, 0.05) is 30.2 Å². The molecule has 20 heavy (non-hydrogen) atoms. The van der Waals surface area contributed by atoms with E-state index in [2.05, 4.69) is 10.5 Å². The van der Waals surface area contributed by atoms with Crippen LogP contribution in [-0.2, 0) is 0 Å². The summed E-state index contributed by atoms with van der Waals surface area (Å²) in [6.45, 7) is 4.64. The Hall–Kier alpha value is -1.95. The summed E-state index contributed by atoms with van der Waals surface area (Å²) in [5.41, 5.74) is 6.97. The van der Waals surface area contributed by atoms with Crippen LogP contribution in [0, 0.1) is 6.92 Å². The Morgan fingerprint density at radius 1 is 1.55 bits per heavy atom. The fourth-order valence-corrected chi connectivity index (χ4v) is 1.76. The summed E-state index contributed by atoms with van der Waals surface area (Å²) in [5, 5.41) is 14.7. The summed E-state index contributed by atoms with van der Waals surface area (Å²) < 4.78 is 0. The number of urea groups is 1. The molecule has 0 radical (unpaired) electrons. The fraction of sp³-hybridized carbons (Fsp3) is 0.385. The van der Waals surface area contributed by atoms with E-state index in [1.165, 1.54) is 0 Å². The minimum Gasteiger partial charge on any atom is -0.409 e. The Balaban J connectivity index is 2.64. The molecule has 1 aromatic rings. The number of amides is 2. The quantitative estimate of drug-likeness (QED) is 0.338. The molecule has 6 nitrogen and oxygen atoms in total. The molecule has 7 heteroatoms. The van der Waals surface area contributed by atoms with Crippen LogP contribution >= 0.6 is 11.6 Å². The predicted molar refractivity (Wildman–Crippen MR) is 80.5 cm³/mol. The Morgan fingerprint density at radius 3 is 2.80 bits per heavy atom. The van der Waals surface area contributed by atoms with Gasteiger partial charge in [0.1, 0.15) is 5.84 Å². The maximum atomic E-state index is 12.1. The zero-order valence-electron chi connectivity index (χ0n) is 11.6. The smallest absolute Gasteiger partial charge is 0.321 e. The highest BCUT2D eigenvalue weighted by atomic mass is 35.5. The molecule has 0 bridgehead atoms. The predicted octanol–water partition coefficient (Wildman–Crippen LogP) is 2.64. The third-order valence-electron chi connectivity index (χ3n) is 2.86. The summed E-state index contributed by atoms with van der Waals surface area (Å²) in [4.78, 5) is 13.6. The molecular weight excluding hydrogens is 280 g/mol. The summed E-state index contributed by atoms with van der Waals surface area (Å²) in [6.07, 6.45) is 0.312. The molecule has 1 aromatic carbocycles. The highest BCUT2D eigenvalue weighted by Crippen LogP contribution is 2.20. The molecule has 4 N–H and O–H groups in total.